The molecule has 2 aliphatic rings. The molecule has 0 aliphatic carbocycles. The predicted molar refractivity (Wildman–Crippen MR) is 147 cm³/mol. The van der Waals surface area contributed by atoms with Crippen molar-refractivity contribution in [2.45, 2.75) is 13.3 Å². The molecule has 7 rings (SSSR count). The number of anilines is 1. The molecule has 6 heterocycles. The van der Waals surface area contributed by atoms with Crippen molar-refractivity contribution >= 4 is 39.5 Å². The second-order valence-electron chi connectivity index (χ2n) is 10.2. The first kappa shape index (κ1) is 22.7. The van der Waals surface area contributed by atoms with Crippen molar-refractivity contribution in [1.82, 2.24) is 29.5 Å². The maximum atomic E-state index is 12.1. The van der Waals surface area contributed by atoms with Crippen LogP contribution in [0.3, 0.4) is 0 Å². The Morgan fingerprint density at radius 2 is 2.13 bits per heavy atom. The van der Waals surface area contributed by atoms with Gasteiger partial charge in [-0.2, -0.15) is 10.4 Å². The molecular weight excluding hydrogens is 496 g/mol. The minimum absolute atomic E-state index is 0.0210. The van der Waals surface area contributed by atoms with Crippen molar-refractivity contribution in [1.29, 1.82) is 5.26 Å². The van der Waals surface area contributed by atoms with Gasteiger partial charge in [0.15, 0.2) is 0 Å². The van der Waals surface area contributed by atoms with Crippen LogP contribution >= 0.6 is 11.3 Å². The lowest BCUT2D eigenvalue weighted by molar-refractivity contribution is -0.136. The SMILES string of the molecule is C=CC(=O)N1CC2(CCN(c3cn4cc(-c5nccs5)nc4c(-c4c(C)ccc5[nH]ncc45)c3C#N)C2)C1. The number of carbonyl (C=O) groups excluding carboxylic acids is 1. The summed E-state index contributed by atoms with van der Waals surface area (Å²) in [6, 6.07) is 6.61. The van der Waals surface area contributed by atoms with Crippen LogP contribution in [0.1, 0.15) is 17.5 Å². The Kier molecular flexibility index (Phi) is 4.93. The molecule has 1 N–H and O–H groups in total. The van der Waals surface area contributed by atoms with Crippen LogP contribution in [0.4, 0.5) is 5.69 Å². The molecule has 1 amide bonds. The average molecular weight is 521 g/mol. The van der Waals surface area contributed by atoms with Crippen LogP contribution in [-0.2, 0) is 4.79 Å². The largest absolute Gasteiger partial charge is 0.369 e. The molecule has 2 fully saturated rings. The second kappa shape index (κ2) is 8.26. The van der Waals surface area contributed by atoms with E-state index in [4.69, 9.17) is 4.98 Å². The quantitative estimate of drug-likeness (QED) is 0.352. The van der Waals surface area contributed by atoms with Crippen LogP contribution in [0.25, 0.3) is 38.4 Å². The monoisotopic (exact) mass is 520 g/mol. The third kappa shape index (κ3) is 3.28. The fourth-order valence-electron chi connectivity index (χ4n) is 6.06. The van der Waals surface area contributed by atoms with E-state index in [0.717, 1.165) is 76.6 Å². The molecule has 9 nitrogen and oxygen atoms in total. The number of carbonyl (C=O) groups is 1. The molecular formula is C28H24N8OS. The smallest absolute Gasteiger partial charge is 0.245 e. The van der Waals surface area contributed by atoms with Crippen LogP contribution in [0.15, 0.2) is 55.0 Å². The Hall–Kier alpha value is -4.49. The van der Waals surface area contributed by atoms with Crippen molar-refractivity contribution in [3.8, 4) is 27.9 Å². The van der Waals surface area contributed by atoms with Gasteiger partial charge in [0, 0.05) is 72.1 Å². The number of fused-ring (bicyclic) bond motifs is 2. The molecule has 2 aliphatic heterocycles. The standard InChI is InChI=1S/C28H24N8OS/c1-3-23(37)36-15-28(16-36)6-8-34(14-28)22-13-35-12-21(27-30-7-9-38-27)32-26(35)25(18(22)10-29)24-17(2)4-5-20-19(24)11-31-33-20/h3-5,7,9,11-13H,1,6,8,14-16H2,2H3,(H,31,33). The van der Waals surface area contributed by atoms with E-state index in [1.807, 2.05) is 39.3 Å². The van der Waals surface area contributed by atoms with E-state index < -0.39 is 0 Å². The van der Waals surface area contributed by atoms with Crippen LogP contribution in [-0.4, -0.2) is 61.6 Å². The van der Waals surface area contributed by atoms with Crippen molar-refractivity contribution in [3.05, 3.63) is 66.1 Å². The van der Waals surface area contributed by atoms with Gasteiger partial charge < -0.3 is 14.2 Å². The van der Waals surface area contributed by atoms with Crippen molar-refractivity contribution < 1.29 is 4.79 Å². The maximum Gasteiger partial charge on any atom is 0.245 e. The van der Waals surface area contributed by atoms with Gasteiger partial charge in [-0.15, -0.1) is 11.3 Å². The number of aromatic nitrogens is 5. The van der Waals surface area contributed by atoms with E-state index >= 15 is 0 Å². The van der Waals surface area contributed by atoms with Crippen molar-refractivity contribution in [2.24, 2.45) is 5.41 Å². The number of hydrogen-bond donors (Lipinski definition) is 1. The van der Waals surface area contributed by atoms with E-state index in [1.165, 1.54) is 17.4 Å². The molecule has 2 saturated heterocycles. The summed E-state index contributed by atoms with van der Waals surface area (Å²) in [6.45, 7) is 8.72. The zero-order chi connectivity index (χ0) is 26.0. The highest BCUT2D eigenvalue weighted by Gasteiger charge is 2.49. The van der Waals surface area contributed by atoms with Crippen LogP contribution in [0, 0.1) is 23.7 Å². The fraction of sp³-hybridized carbons (Fsp3) is 0.250. The Morgan fingerprint density at radius 3 is 2.89 bits per heavy atom. The number of benzene rings is 1. The summed E-state index contributed by atoms with van der Waals surface area (Å²) < 4.78 is 2.03. The molecule has 38 heavy (non-hydrogen) atoms. The van der Waals surface area contributed by atoms with E-state index in [9.17, 15) is 10.1 Å². The number of likely N-dealkylation sites (tertiary alicyclic amines) is 1. The molecule has 4 aromatic heterocycles. The molecule has 0 bridgehead atoms. The van der Waals surface area contributed by atoms with Gasteiger partial charge in [-0.05, 0) is 31.1 Å². The summed E-state index contributed by atoms with van der Waals surface area (Å²) in [5.74, 6) is -0.0210. The van der Waals surface area contributed by atoms with Gasteiger partial charge in [0.25, 0.3) is 0 Å². The zero-order valence-electron chi connectivity index (χ0n) is 20.8. The fourth-order valence-corrected chi connectivity index (χ4v) is 6.65. The predicted octanol–water partition coefficient (Wildman–Crippen LogP) is 4.41. The number of nitrogens with zero attached hydrogens (tertiary/aromatic N) is 7. The lowest BCUT2D eigenvalue weighted by atomic mass is 9.79. The molecule has 0 atom stereocenters. The van der Waals surface area contributed by atoms with E-state index in [-0.39, 0.29) is 11.3 Å². The Balaban J connectivity index is 1.42. The molecule has 0 radical (unpaired) electrons. The number of nitriles is 1. The number of pyridine rings is 1. The van der Waals surface area contributed by atoms with Gasteiger partial charge >= 0.3 is 0 Å². The van der Waals surface area contributed by atoms with E-state index in [2.05, 4.69) is 45.7 Å². The molecule has 10 heteroatoms. The number of aryl methyl sites for hydroxylation is 1. The first-order valence-electron chi connectivity index (χ1n) is 12.5. The Bertz CT molecular complexity index is 1790. The summed E-state index contributed by atoms with van der Waals surface area (Å²) >= 11 is 1.54. The first-order valence-corrected chi connectivity index (χ1v) is 13.3. The van der Waals surface area contributed by atoms with Gasteiger partial charge in [-0.3, -0.25) is 9.89 Å². The van der Waals surface area contributed by atoms with E-state index in [1.54, 1.807) is 6.20 Å². The minimum Gasteiger partial charge on any atom is -0.369 e. The number of thiazole rings is 1. The minimum atomic E-state index is -0.0210. The Morgan fingerprint density at radius 1 is 1.26 bits per heavy atom. The highest BCUT2D eigenvalue weighted by molar-refractivity contribution is 7.13. The summed E-state index contributed by atoms with van der Waals surface area (Å²) in [5.41, 5.74) is 6.72. The van der Waals surface area contributed by atoms with Gasteiger partial charge in [-0.1, -0.05) is 12.6 Å². The number of nitrogens with one attached hydrogen (secondary N) is 1. The number of aromatic amines is 1. The van der Waals surface area contributed by atoms with Crippen LogP contribution in [0.2, 0.25) is 0 Å². The van der Waals surface area contributed by atoms with Crippen LogP contribution in [0.5, 0.6) is 0 Å². The summed E-state index contributed by atoms with van der Waals surface area (Å²) in [7, 11) is 0. The van der Waals surface area contributed by atoms with Gasteiger partial charge in [0.2, 0.25) is 5.91 Å². The van der Waals surface area contributed by atoms with Gasteiger partial charge in [0.1, 0.15) is 22.4 Å². The van der Waals surface area contributed by atoms with Crippen molar-refractivity contribution in [2.75, 3.05) is 31.1 Å². The van der Waals surface area contributed by atoms with Crippen molar-refractivity contribution in [3.63, 3.8) is 0 Å². The molecule has 1 aromatic carbocycles. The molecule has 0 unspecified atom stereocenters. The first-order chi connectivity index (χ1) is 18.5. The summed E-state index contributed by atoms with van der Waals surface area (Å²) in [4.78, 5) is 25.7. The highest BCUT2D eigenvalue weighted by atomic mass is 32.1. The molecule has 0 saturated carbocycles. The molecule has 188 valence electrons. The van der Waals surface area contributed by atoms with Gasteiger partial charge in [-0.25, -0.2) is 9.97 Å². The normalized spacial score (nSPS) is 16.3. The Labute approximate surface area is 222 Å². The topological polar surface area (TPSA) is 106 Å². The maximum absolute atomic E-state index is 12.1. The zero-order valence-corrected chi connectivity index (χ0v) is 21.6. The third-order valence-electron chi connectivity index (χ3n) is 7.89. The number of amides is 1. The molecule has 5 aromatic rings. The average Bonchev–Trinajstić information content (AvgIpc) is 3.71. The van der Waals surface area contributed by atoms with Crippen LogP contribution < -0.4 is 4.90 Å². The number of rotatable bonds is 4. The second-order valence-corrected chi connectivity index (χ2v) is 11.1. The third-order valence-corrected chi connectivity index (χ3v) is 8.68. The van der Waals surface area contributed by atoms with Gasteiger partial charge in [0.05, 0.1) is 23.0 Å². The van der Waals surface area contributed by atoms with E-state index in [0.29, 0.717) is 11.2 Å². The lowest BCUT2D eigenvalue weighted by Gasteiger charge is -2.47. The number of H-pyrrole nitrogens is 1. The summed E-state index contributed by atoms with van der Waals surface area (Å²) in [6.07, 6.45) is 9.96. The number of imidazole rings is 1. The lowest BCUT2D eigenvalue weighted by Crippen LogP contribution is -2.59. The highest BCUT2D eigenvalue weighted by Crippen LogP contribution is 2.45. The molecule has 1 spiro atoms. The summed E-state index contributed by atoms with van der Waals surface area (Å²) in [5, 5.41) is 21.7. The number of hydrogen-bond acceptors (Lipinski definition) is 7.